The maximum atomic E-state index is 13.3. The highest BCUT2D eigenvalue weighted by molar-refractivity contribution is 6.03. The number of carbonyl (C=O) groups excluding carboxylic acids is 2. The number of hydrogen-bond acceptors (Lipinski definition) is 5. The summed E-state index contributed by atoms with van der Waals surface area (Å²) in [7, 11) is 1.63. The molecule has 0 atom stereocenters. The standard InChI is InChI=1S/C24H24N4O3/c1-31-18-8-6-17(7-9-18)24(10-11-24)23(30)27-20-14-16-4-2-3-5-19(16)22(26-20)28-13-12-25-21(29)15-28/h2-9,14H,10-13,15H2,1H3,(H,25,29)(H,26,27,30). The molecule has 2 amide bonds. The molecule has 1 saturated heterocycles. The third-order valence-corrected chi connectivity index (χ3v) is 6.13. The first kappa shape index (κ1) is 19.4. The highest BCUT2D eigenvalue weighted by Gasteiger charge is 2.51. The monoisotopic (exact) mass is 416 g/mol. The number of aromatic nitrogens is 1. The van der Waals surface area contributed by atoms with Crippen LogP contribution in [0.5, 0.6) is 5.75 Å². The largest absolute Gasteiger partial charge is 0.497 e. The lowest BCUT2D eigenvalue weighted by molar-refractivity contribution is -0.120. The Morgan fingerprint density at radius 2 is 1.94 bits per heavy atom. The first-order chi connectivity index (χ1) is 15.1. The van der Waals surface area contributed by atoms with E-state index in [0.717, 1.165) is 40.7 Å². The van der Waals surface area contributed by atoms with E-state index >= 15 is 0 Å². The second-order valence-corrected chi connectivity index (χ2v) is 8.09. The zero-order chi connectivity index (χ0) is 21.4. The molecule has 158 valence electrons. The number of piperazine rings is 1. The molecule has 3 aromatic rings. The summed E-state index contributed by atoms with van der Waals surface area (Å²) in [5, 5.41) is 7.83. The quantitative estimate of drug-likeness (QED) is 0.668. The van der Waals surface area contributed by atoms with Gasteiger partial charge in [0.15, 0.2) is 0 Å². The van der Waals surface area contributed by atoms with Crippen molar-refractivity contribution in [1.29, 1.82) is 0 Å². The Kier molecular flexibility index (Phi) is 4.73. The highest BCUT2D eigenvalue weighted by atomic mass is 16.5. The summed E-state index contributed by atoms with van der Waals surface area (Å²) < 4.78 is 5.23. The molecule has 1 aliphatic heterocycles. The first-order valence-corrected chi connectivity index (χ1v) is 10.5. The predicted octanol–water partition coefficient (Wildman–Crippen LogP) is 2.85. The number of benzene rings is 2. The zero-order valence-electron chi connectivity index (χ0n) is 17.4. The van der Waals surface area contributed by atoms with Gasteiger partial charge in [0.05, 0.1) is 19.1 Å². The Morgan fingerprint density at radius 1 is 1.16 bits per heavy atom. The van der Waals surface area contributed by atoms with Crippen molar-refractivity contribution in [3.05, 3.63) is 60.2 Å². The van der Waals surface area contributed by atoms with E-state index in [4.69, 9.17) is 9.72 Å². The molecule has 0 unspecified atom stereocenters. The Balaban J connectivity index is 1.46. The van der Waals surface area contributed by atoms with E-state index in [9.17, 15) is 9.59 Å². The molecule has 0 bridgehead atoms. The number of pyridine rings is 1. The zero-order valence-corrected chi connectivity index (χ0v) is 17.4. The van der Waals surface area contributed by atoms with Gasteiger partial charge in [-0.05, 0) is 42.0 Å². The van der Waals surface area contributed by atoms with Gasteiger partial charge in [0.25, 0.3) is 0 Å². The fourth-order valence-electron chi connectivity index (χ4n) is 4.22. The molecule has 7 nitrogen and oxygen atoms in total. The van der Waals surface area contributed by atoms with Crippen molar-refractivity contribution in [1.82, 2.24) is 10.3 Å². The summed E-state index contributed by atoms with van der Waals surface area (Å²) in [6.45, 7) is 1.51. The number of rotatable bonds is 5. The van der Waals surface area contributed by atoms with Crippen LogP contribution >= 0.6 is 0 Å². The molecule has 7 heteroatoms. The van der Waals surface area contributed by atoms with Crippen molar-refractivity contribution in [2.45, 2.75) is 18.3 Å². The van der Waals surface area contributed by atoms with Crippen molar-refractivity contribution < 1.29 is 14.3 Å². The van der Waals surface area contributed by atoms with E-state index in [0.29, 0.717) is 18.9 Å². The summed E-state index contributed by atoms with van der Waals surface area (Å²) in [5.74, 6) is 1.92. The average Bonchev–Trinajstić information content (AvgIpc) is 3.61. The van der Waals surface area contributed by atoms with Crippen LogP contribution in [0.25, 0.3) is 10.8 Å². The van der Waals surface area contributed by atoms with Crippen molar-refractivity contribution >= 4 is 34.2 Å². The van der Waals surface area contributed by atoms with Gasteiger partial charge in [-0.3, -0.25) is 9.59 Å². The highest BCUT2D eigenvalue weighted by Crippen LogP contribution is 2.49. The summed E-state index contributed by atoms with van der Waals surface area (Å²) in [6, 6.07) is 17.5. The third-order valence-electron chi connectivity index (χ3n) is 6.13. The van der Waals surface area contributed by atoms with Gasteiger partial charge in [-0.25, -0.2) is 4.98 Å². The minimum atomic E-state index is -0.523. The number of nitrogens with one attached hydrogen (secondary N) is 2. The summed E-state index contributed by atoms with van der Waals surface area (Å²) in [4.78, 5) is 31.9. The predicted molar refractivity (Wildman–Crippen MR) is 120 cm³/mol. The van der Waals surface area contributed by atoms with Crippen LogP contribution in [0.3, 0.4) is 0 Å². The maximum Gasteiger partial charge on any atom is 0.239 e. The second-order valence-electron chi connectivity index (χ2n) is 8.09. The molecule has 0 radical (unpaired) electrons. The van der Waals surface area contributed by atoms with Gasteiger partial charge in [0.2, 0.25) is 11.8 Å². The van der Waals surface area contributed by atoms with Crippen molar-refractivity contribution in [3.8, 4) is 5.75 Å². The lowest BCUT2D eigenvalue weighted by atomic mass is 9.95. The number of ether oxygens (including phenoxy) is 1. The second kappa shape index (κ2) is 7.58. The van der Waals surface area contributed by atoms with Gasteiger partial charge < -0.3 is 20.3 Å². The molecule has 2 N–H and O–H groups in total. The Labute approximate surface area is 180 Å². The smallest absolute Gasteiger partial charge is 0.239 e. The van der Waals surface area contributed by atoms with Crippen LogP contribution in [0.1, 0.15) is 18.4 Å². The van der Waals surface area contributed by atoms with E-state index in [2.05, 4.69) is 10.6 Å². The number of amides is 2. The lowest BCUT2D eigenvalue weighted by Crippen LogP contribution is -2.48. The Morgan fingerprint density at radius 3 is 2.65 bits per heavy atom. The molecule has 2 aromatic carbocycles. The van der Waals surface area contributed by atoms with E-state index in [1.165, 1.54) is 0 Å². The lowest BCUT2D eigenvalue weighted by Gasteiger charge is -2.29. The Hall–Kier alpha value is -3.61. The molecular weight excluding hydrogens is 392 g/mol. The van der Waals surface area contributed by atoms with Gasteiger partial charge in [0.1, 0.15) is 17.4 Å². The van der Waals surface area contributed by atoms with Crippen LogP contribution in [0.2, 0.25) is 0 Å². The van der Waals surface area contributed by atoms with Crippen LogP contribution in [0.4, 0.5) is 11.6 Å². The molecule has 5 rings (SSSR count). The van der Waals surface area contributed by atoms with Gasteiger partial charge in [-0.2, -0.15) is 0 Å². The molecular formula is C24H24N4O3. The van der Waals surface area contributed by atoms with Gasteiger partial charge >= 0.3 is 0 Å². The average molecular weight is 416 g/mol. The summed E-state index contributed by atoms with van der Waals surface area (Å²) in [5.41, 5.74) is 0.463. The minimum absolute atomic E-state index is 0.0250. The molecule has 1 saturated carbocycles. The minimum Gasteiger partial charge on any atom is -0.497 e. The van der Waals surface area contributed by atoms with E-state index < -0.39 is 5.41 Å². The summed E-state index contributed by atoms with van der Waals surface area (Å²) >= 11 is 0. The fraction of sp³-hybridized carbons (Fsp3) is 0.292. The Bertz CT molecular complexity index is 1160. The fourth-order valence-corrected chi connectivity index (χ4v) is 4.22. The van der Waals surface area contributed by atoms with Crippen molar-refractivity contribution in [3.63, 3.8) is 0 Å². The first-order valence-electron chi connectivity index (χ1n) is 10.5. The third kappa shape index (κ3) is 3.56. The van der Waals surface area contributed by atoms with Gasteiger partial charge in [-0.15, -0.1) is 0 Å². The van der Waals surface area contributed by atoms with Crippen LogP contribution in [-0.2, 0) is 15.0 Å². The van der Waals surface area contributed by atoms with Gasteiger partial charge in [0, 0.05) is 18.5 Å². The maximum absolute atomic E-state index is 13.3. The van der Waals surface area contributed by atoms with Crippen LogP contribution in [0.15, 0.2) is 54.6 Å². The van der Waals surface area contributed by atoms with Gasteiger partial charge in [-0.1, -0.05) is 36.4 Å². The number of nitrogens with zero attached hydrogens (tertiary/aromatic N) is 2. The number of fused-ring (bicyclic) bond motifs is 1. The number of hydrogen-bond donors (Lipinski definition) is 2. The molecule has 2 aliphatic rings. The van der Waals surface area contributed by atoms with Crippen LogP contribution in [-0.4, -0.2) is 43.5 Å². The molecule has 1 aromatic heterocycles. The van der Waals surface area contributed by atoms with Crippen LogP contribution in [0, 0.1) is 0 Å². The normalized spacial score (nSPS) is 17.2. The van der Waals surface area contributed by atoms with Crippen molar-refractivity contribution in [2.24, 2.45) is 0 Å². The number of anilines is 2. The van der Waals surface area contributed by atoms with E-state index in [1.54, 1.807) is 7.11 Å². The van der Waals surface area contributed by atoms with Crippen molar-refractivity contribution in [2.75, 3.05) is 37.0 Å². The SMILES string of the molecule is COc1ccc(C2(C(=O)Nc3cc4ccccc4c(N4CCNC(=O)C4)n3)CC2)cc1. The molecule has 31 heavy (non-hydrogen) atoms. The number of methoxy groups -OCH3 is 1. The molecule has 2 heterocycles. The molecule has 1 aliphatic carbocycles. The molecule has 0 spiro atoms. The van der Waals surface area contributed by atoms with E-state index in [-0.39, 0.29) is 18.4 Å². The number of carbonyl (C=O) groups is 2. The summed E-state index contributed by atoms with van der Waals surface area (Å²) in [6.07, 6.45) is 1.61. The van der Waals surface area contributed by atoms with Crippen LogP contribution < -0.4 is 20.3 Å². The van der Waals surface area contributed by atoms with E-state index in [1.807, 2.05) is 59.5 Å². The topological polar surface area (TPSA) is 83.6 Å². The molecule has 2 fully saturated rings.